The van der Waals surface area contributed by atoms with Gasteiger partial charge in [-0.15, -0.1) is 5.10 Å². The summed E-state index contributed by atoms with van der Waals surface area (Å²) in [7, 11) is 3.23. The van der Waals surface area contributed by atoms with Gasteiger partial charge in [-0.25, -0.2) is 5.01 Å². The number of ether oxygens (including phenoxy) is 2. The van der Waals surface area contributed by atoms with Crippen LogP contribution < -0.4 is 25.4 Å². The number of benzene rings is 2. The molecule has 4 rings (SSSR count). The molecular weight excluding hydrogens is 480 g/mol. The summed E-state index contributed by atoms with van der Waals surface area (Å²) in [5, 5.41) is 11.4. The van der Waals surface area contributed by atoms with Crippen LogP contribution in [0.2, 0.25) is 0 Å². The van der Waals surface area contributed by atoms with Crippen molar-refractivity contribution < 1.29 is 14.3 Å². The van der Waals surface area contributed by atoms with Gasteiger partial charge < -0.3 is 9.47 Å². The lowest BCUT2D eigenvalue weighted by atomic mass is 10.1. The fourth-order valence-electron chi connectivity index (χ4n) is 3.47. The maximum absolute atomic E-state index is 13.2. The molecule has 0 bridgehead atoms. The van der Waals surface area contributed by atoms with Crippen molar-refractivity contribution in [2.45, 2.75) is 25.9 Å². The summed E-state index contributed by atoms with van der Waals surface area (Å²) in [6, 6.07) is 11.2. The Morgan fingerprint density at radius 2 is 2.03 bits per heavy atom. The molecule has 2 aromatic carbocycles. The van der Waals surface area contributed by atoms with E-state index in [9.17, 15) is 4.79 Å². The lowest BCUT2D eigenvalue weighted by Crippen LogP contribution is -2.50. The molecule has 1 amide bonds. The minimum atomic E-state index is -0.568. The summed E-state index contributed by atoms with van der Waals surface area (Å²) in [5.41, 5.74) is 1.23. The number of nitrogens with one attached hydrogen (secondary N) is 1. The Morgan fingerprint density at radius 1 is 1.19 bits per heavy atom. The van der Waals surface area contributed by atoms with E-state index in [0.717, 1.165) is 39.2 Å². The standard InChI is InChI=1S/C22H23BrN4O3S/c1-4-5-10-31-22-25-21(28)19-15-11-13(23)6-8-17(15)24-20(27(19)26-22)16-12-14(29-2)7-9-18(16)30-3/h6-9,11-12,20H,4-5,10H2,1-3H3,(H,25,26,28)/t20-/m1/s1. The molecular formula is C22H23BrN4O3S. The van der Waals surface area contributed by atoms with Crippen LogP contribution in [0.1, 0.15) is 31.5 Å². The second-order valence-corrected chi connectivity index (χ2v) is 9.03. The van der Waals surface area contributed by atoms with Crippen molar-refractivity contribution in [1.82, 2.24) is 10.3 Å². The molecule has 31 heavy (non-hydrogen) atoms. The molecule has 7 nitrogen and oxygen atoms in total. The first-order chi connectivity index (χ1) is 15.0. The number of hydrazone groups is 1. The van der Waals surface area contributed by atoms with Crippen molar-refractivity contribution in [2.24, 2.45) is 10.1 Å². The van der Waals surface area contributed by atoms with Crippen LogP contribution in [0.15, 0.2) is 51.0 Å². The van der Waals surface area contributed by atoms with Gasteiger partial charge in [0, 0.05) is 21.0 Å². The third-order valence-electron chi connectivity index (χ3n) is 5.02. The molecule has 0 fully saturated rings. The van der Waals surface area contributed by atoms with Gasteiger partial charge in [0.25, 0.3) is 5.91 Å². The highest BCUT2D eigenvalue weighted by atomic mass is 79.9. The number of unbranched alkanes of at least 4 members (excludes halogenated alkanes) is 1. The number of carbonyl (C=O) groups excluding carboxylic acids is 1. The van der Waals surface area contributed by atoms with Crippen molar-refractivity contribution in [3.05, 3.63) is 57.0 Å². The van der Waals surface area contributed by atoms with E-state index in [0.29, 0.717) is 22.4 Å². The fourth-order valence-corrected chi connectivity index (χ4v) is 4.77. The first kappa shape index (κ1) is 21.7. The van der Waals surface area contributed by atoms with Gasteiger partial charge >= 0.3 is 0 Å². The van der Waals surface area contributed by atoms with E-state index in [-0.39, 0.29) is 5.91 Å². The van der Waals surface area contributed by atoms with E-state index in [4.69, 9.17) is 19.6 Å². The molecule has 0 spiro atoms. The predicted octanol–water partition coefficient (Wildman–Crippen LogP) is 3.14. The van der Waals surface area contributed by atoms with Gasteiger partial charge in [0.2, 0.25) is 0 Å². The van der Waals surface area contributed by atoms with Crippen molar-refractivity contribution >= 4 is 44.5 Å². The summed E-state index contributed by atoms with van der Waals surface area (Å²) in [4.78, 5) is 18.1. The van der Waals surface area contributed by atoms with Gasteiger partial charge in [0.1, 0.15) is 17.2 Å². The molecule has 2 heterocycles. The van der Waals surface area contributed by atoms with Gasteiger partial charge in [-0.05, 0) is 42.8 Å². The molecule has 1 atom stereocenters. The zero-order chi connectivity index (χ0) is 22.0. The molecule has 2 aliphatic heterocycles. The highest BCUT2D eigenvalue weighted by molar-refractivity contribution is 9.10. The van der Waals surface area contributed by atoms with Gasteiger partial charge in [0.15, 0.2) is 11.3 Å². The normalized spacial score (nSPS) is 17.2. The molecule has 2 aromatic rings. The molecule has 1 N–H and O–H groups in total. The number of fused-ring (bicyclic) bond motifs is 2. The molecule has 9 heteroatoms. The number of nitrogens with zero attached hydrogens (tertiary/aromatic N) is 3. The van der Waals surface area contributed by atoms with Gasteiger partial charge in [-0.1, -0.05) is 41.0 Å². The minimum absolute atomic E-state index is 0.199. The average molecular weight is 503 g/mol. The summed E-state index contributed by atoms with van der Waals surface area (Å²) in [5.74, 6) is 2.01. The Morgan fingerprint density at radius 3 is 2.77 bits per heavy atom. The highest BCUT2D eigenvalue weighted by Crippen LogP contribution is 2.37. The summed E-state index contributed by atoms with van der Waals surface area (Å²) < 4.78 is 11.9. The largest absolute Gasteiger partial charge is 0.497 e. The van der Waals surface area contributed by atoms with Crippen LogP contribution in [0.3, 0.4) is 0 Å². The molecule has 0 aromatic heterocycles. The third kappa shape index (κ3) is 4.29. The Hall–Kier alpha value is -2.52. The molecule has 0 aliphatic carbocycles. The van der Waals surface area contributed by atoms with Gasteiger partial charge in [-0.2, -0.15) is 0 Å². The second-order valence-electron chi connectivity index (χ2n) is 7.03. The maximum atomic E-state index is 13.2. The van der Waals surface area contributed by atoms with Crippen molar-refractivity contribution in [3.8, 4) is 11.5 Å². The number of halogens is 1. The molecule has 0 radical (unpaired) electrons. The van der Waals surface area contributed by atoms with Crippen LogP contribution >= 0.6 is 27.7 Å². The molecule has 0 saturated heterocycles. The number of hydrogen-bond acceptors (Lipinski definition) is 7. The van der Waals surface area contributed by atoms with Crippen LogP contribution in [-0.4, -0.2) is 36.1 Å². The first-order valence-corrected chi connectivity index (χ1v) is 11.7. The third-order valence-corrected chi connectivity index (χ3v) is 6.46. The van der Waals surface area contributed by atoms with Crippen LogP contribution in [-0.2, 0) is 4.79 Å². The number of thioether (sulfide) groups is 1. The Kier molecular flexibility index (Phi) is 6.52. The monoisotopic (exact) mass is 502 g/mol. The zero-order valence-corrected chi connectivity index (χ0v) is 19.9. The number of carbonyl (C=O) groups is 1. The SMILES string of the molecule is CCCCSC1=NN2C(=c3cc(Br)ccc3=N[C@H]2c2cc(OC)ccc2OC)C(=O)N1. The Labute approximate surface area is 193 Å². The van der Waals surface area contributed by atoms with E-state index < -0.39 is 6.17 Å². The topological polar surface area (TPSA) is 75.5 Å². The highest BCUT2D eigenvalue weighted by Gasteiger charge is 2.36. The van der Waals surface area contributed by atoms with E-state index in [1.807, 2.05) is 36.4 Å². The second kappa shape index (κ2) is 9.32. The van der Waals surface area contributed by atoms with Crippen molar-refractivity contribution in [1.29, 1.82) is 0 Å². The lowest BCUT2D eigenvalue weighted by molar-refractivity contribution is -0.116. The van der Waals surface area contributed by atoms with E-state index in [1.54, 1.807) is 19.2 Å². The molecule has 0 saturated carbocycles. The maximum Gasteiger partial charge on any atom is 0.276 e. The molecule has 2 aliphatic rings. The van der Waals surface area contributed by atoms with Crippen LogP contribution in [0, 0.1) is 0 Å². The quantitative estimate of drug-likeness (QED) is 0.614. The predicted molar refractivity (Wildman–Crippen MR) is 125 cm³/mol. The Balaban J connectivity index is 1.91. The van der Waals surface area contributed by atoms with Gasteiger partial charge in [0.05, 0.1) is 19.6 Å². The van der Waals surface area contributed by atoms with Crippen LogP contribution in [0.25, 0.3) is 5.70 Å². The number of hydrogen-bond donors (Lipinski definition) is 1. The van der Waals surface area contributed by atoms with Gasteiger partial charge in [-0.3, -0.25) is 15.1 Å². The first-order valence-electron chi connectivity index (χ1n) is 9.97. The van der Waals surface area contributed by atoms with E-state index in [1.165, 1.54) is 11.8 Å². The molecule has 0 unspecified atom stereocenters. The summed E-state index contributed by atoms with van der Waals surface area (Å²) in [6.45, 7) is 2.14. The lowest BCUT2D eigenvalue weighted by Gasteiger charge is -2.34. The zero-order valence-electron chi connectivity index (χ0n) is 17.5. The number of methoxy groups -OCH3 is 2. The van der Waals surface area contributed by atoms with Crippen LogP contribution in [0.5, 0.6) is 11.5 Å². The fraction of sp³-hybridized carbons (Fsp3) is 0.318. The number of amides is 1. The number of rotatable bonds is 6. The minimum Gasteiger partial charge on any atom is -0.497 e. The summed E-state index contributed by atoms with van der Waals surface area (Å²) >= 11 is 5.04. The van der Waals surface area contributed by atoms with Crippen molar-refractivity contribution in [2.75, 3.05) is 20.0 Å². The Bertz CT molecular complexity index is 1170. The number of amidine groups is 1. The van der Waals surface area contributed by atoms with Crippen molar-refractivity contribution in [3.63, 3.8) is 0 Å². The summed E-state index contributed by atoms with van der Waals surface area (Å²) in [6.07, 6.45) is 1.56. The van der Waals surface area contributed by atoms with Crippen LogP contribution in [0.4, 0.5) is 0 Å². The molecule has 162 valence electrons. The smallest absolute Gasteiger partial charge is 0.276 e. The average Bonchev–Trinajstić information content (AvgIpc) is 2.78. The van der Waals surface area contributed by atoms with E-state index in [2.05, 4.69) is 28.2 Å². The van der Waals surface area contributed by atoms with E-state index >= 15 is 0 Å².